The number of ether oxygens (including phenoxy) is 1. The van der Waals surface area contributed by atoms with E-state index in [1.54, 1.807) is 40.6 Å². The number of thiazole rings is 1. The van der Waals surface area contributed by atoms with Crippen LogP contribution < -0.4 is 14.9 Å². The molecule has 1 aromatic heterocycles. The zero-order valence-electron chi connectivity index (χ0n) is 17.1. The van der Waals surface area contributed by atoms with Crippen LogP contribution in [0.15, 0.2) is 56.8 Å². The van der Waals surface area contributed by atoms with Crippen molar-refractivity contribution in [2.24, 2.45) is 5.92 Å². The molecule has 3 heterocycles. The predicted molar refractivity (Wildman–Crippen MR) is 129 cm³/mol. The third kappa shape index (κ3) is 3.93. The number of nitrogens with zero attached hydrogens (tertiary/aromatic N) is 1. The van der Waals surface area contributed by atoms with E-state index in [4.69, 9.17) is 4.74 Å². The molecule has 0 saturated heterocycles. The Bertz CT molecular complexity index is 1280. The second kappa shape index (κ2) is 8.53. The molecule has 6 nitrogen and oxygen atoms in total. The van der Waals surface area contributed by atoms with Gasteiger partial charge in [0.15, 0.2) is 5.78 Å². The van der Waals surface area contributed by atoms with Crippen LogP contribution in [0.2, 0.25) is 0 Å². The van der Waals surface area contributed by atoms with Crippen molar-refractivity contribution in [3.63, 3.8) is 0 Å². The number of carbonyl (C=O) groups excluding carboxylic acids is 2. The van der Waals surface area contributed by atoms with Crippen LogP contribution in [-0.4, -0.2) is 28.6 Å². The number of rotatable bonds is 4. The first kappa shape index (κ1) is 21.5. The van der Waals surface area contributed by atoms with Crippen LogP contribution in [0.1, 0.15) is 33.6 Å². The van der Waals surface area contributed by atoms with Crippen molar-refractivity contribution in [3.05, 3.63) is 72.6 Å². The van der Waals surface area contributed by atoms with Gasteiger partial charge in [-0.15, -0.1) is 11.8 Å². The summed E-state index contributed by atoms with van der Waals surface area (Å²) in [6.45, 7) is 2.07. The quantitative estimate of drug-likeness (QED) is 0.492. The number of nitrogens with one attached hydrogen (secondary N) is 1. The van der Waals surface area contributed by atoms with E-state index in [-0.39, 0.29) is 34.9 Å². The smallest absolute Gasteiger partial charge is 0.308 e. The Labute approximate surface area is 201 Å². The minimum atomic E-state index is -0.277. The summed E-state index contributed by atoms with van der Waals surface area (Å²) in [5, 5.41) is 3.69. The van der Waals surface area contributed by atoms with Gasteiger partial charge in [0.25, 0.3) is 0 Å². The molecule has 2 aliphatic rings. The molecular weight excluding hydrogens is 512 g/mol. The van der Waals surface area contributed by atoms with E-state index in [2.05, 4.69) is 27.3 Å². The van der Waals surface area contributed by atoms with Gasteiger partial charge in [-0.1, -0.05) is 27.3 Å². The monoisotopic (exact) mass is 530 g/mol. The fourth-order valence-electron chi connectivity index (χ4n) is 4.15. The Balaban J connectivity index is 1.41. The molecule has 9 heteroatoms. The number of benzene rings is 2. The van der Waals surface area contributed by atoms with Gasteiger partial charge in [0.1, 0.15) is 12.3 Å². The number of hydrogen-bond donors (Lipinski definition) is 1. The summed E-state index contributed by atoms with van der Waals surface area (Å²) in [5.74, 6) is 1.75. The lowest BCUT2D eigenvalue weighted by Crippen LogP contribution is -2.31. The molecule has 32 heavy (non-hydrogen) atoms. The molecule has 5 rings (SSSR count). The van der Waals surface area contributed by atoms with Gasteiger partial charge in [0.05, 0.1) is 11.6 Å². The molecule has 2 unspecified atom stereocenters. The van der Waals surface area contributed by atoms with Crippen molar-refractivity contribution in [3.8, 4) is 5.75 Å². The van der Waals surface area contributed by atoms with Crippen LogP contribution in [0, 0.1) is 5.92 Å². The summed E-state index contributed by atoms with van der Waals surface area (Å²) in [6.07, 6.45) is 0. The zero-order valence-corrected chi connectivity index (χ0v) is 20.3. The normalized spacial score (nSPS) is 18.7. The van der Waals surface area contributed by atoms with Crippen LogP contribution >= 0.6 is 39.0 Å². The molecule has 2 aliphatic heterocycles. The van der Waals surface area contributed by atoms with E-state index >= 15 is 0 Å². The summed E-state index contributed by atoms with van der Waals surface area (Å²) in [6, 6.07) is 12.7. The number of carbonyl (C=O) groups is 2. The number of thioether (sulfide) groups is 1. The fraction of sp³-hybridized carbons (Fsp3) is 0.261. The number of hydrogen-bond acceptors (Lipinski definition) is 6. The van der Waals surface area contributed by atoms with Crippen molar-refractivity contribution in [2.75, 3.05) is 17.7 Å². The highest BCUT2D eigenvalue weighted by molar-refractivity contribution is 9.10. The third-order valence-corrected chi connectivity index (χ3v) is 8.69. The van der Waals surface area contributed by atoms with E-state index < -0.39 is 0 Å². The molecule has 1 amide bonds. The van der Waals surface area contributed by atoms with Gasteiger partial charge in [0.2, 0.25) is 5.91 Å². The highest BCUT2D eigenvalue weighted by Gasteiger charge is 2.40. The van der Waals surface area contributed by atoms with E-state index in [0.717, 1.165) is 31.4 Å². The Hall–Kier alpha value is -2.36. The maximum atomic E-state index is 12.9. The van der Waals surface area contributed by atoms with Gasteiger partial charge in [-0.2, -0.15) is 0 Å². The second-order valence-electron chi connectivity index (χ2n) is 7.85. The molecule has 0 bridgehead atoms. The number of anilines is 1. The molecule has 2 atom stereocenters. The van der Waals surface area contributed by atoms with Crippen molar-refractivity contribution < 1.29 is 14.3 Å². The van der Waals surface area contributed by atoms with Crippen molar-refractivity contribution in [2.45, 2.75) is 24.4 Å². The van der Waals surface area contributed by atoms with E-state index in [0.29, 0.717) is 17.9 Å². The maximum absolute atomic E-state index is 12.9. The lowest BCUT2D eigenvalue weighted by molar-refractivity contribution is -0.116. The molecular formula is C23H19BrN2O4S2. The zero-order chi connectivity index (χ0) is 22.4. The Morgan fingerprint density at radius 1 is 1.22 bits per heavy atom. The molecule has 3 aromatic rings. The first-order valence-corrected chi connectivity index (χ1v) is 12.7. The SMILES string of the molecule is CC(=O)c1ccc(NC(=O)Cn2c3c(sc2=O)C2c4cc(Br)ccc4OCC2CS3)cc1. The molecule has 1 N–H and O–H groups in total. The van der Waals surface area contributed by atoms with E-state index in [1.165, 1.54) is 18.3 Å². The molecule has 0 radical (unpaired) electrons. The van der Waals surface area contributed by atoms with Crippen LogP contribution in [-0.2, 0) is 11.3 Å². The average molecular weight is 531 g/mol. The van der Waals surface area contributed by atoms with Gasteiger partial charge in [0, 0.05) is 43.8 Å². The minimum Gasteiger partial charge on any atom is -0.493 e. The minimum absolute atomic E-state index is 0.0311. The molecule has 0 spiro atoms. The number of halogens is 1. The van der Waals surface area contributed by atoms with Crippen molar-refractivity contribution in [1.29, 1.82) is 0 Å². The van der Waals surface area contributed by atoms with Gasteiger partial charge >= 0.3 is 4.87 Å². The highest BCUT2D eigenvalue weighted by Crippen LogP contribution is 2.51. The predicted octanol–water partition coefficient (Wildman–Crippen LogP) is 4.76. The fourth-order valence-corrected chi connectivity index (χ4v) is 7.22. The number of Topliss-reactive ketones (excluding diaryl/α,β-unsaturated/α-hetero) is 1. The lowest BCUT2D eigenvalue weighted by atomic mass is 9.84. The average Bonchev–Trinajstić information content (AvgIpc) is 3.08. The van der Waals surface area contributed by atoms with Crippen LogP contribution in [0.4, 0.5) is 5.69 Å². The van der Waals surface area contributed by atoms with Crippen LogP contribution in [0.3, 0.4) is 0 Å². The van der Waals surface area contributed by atoms with Crippen LogP contribution in [0.5, 0.6) is 5.75 Å². The maximum Gasteiger partial charge on any atom is 0.308 e. The first-order chi connectivity index (χ1) is 15.4. The number of aromatic nitrogens is 1. The summed E-state index contributed by atoms with van der Waals surface area (Å²) in [5.41, 5.74) is 2.26. The molecule has 0 saturated carbocycles. The molecule has 164 valence electrons. The summed E-state index contributed by atoms with van der Waals surface area (Å²) in [4.78, 5) is 37.9. The Morgan fingerprint density at radius 3 is 2.75 bits per heavy atom. The standard InChI is InChI=1S/C23H19BrN2O4S2/c1-12(27)13-2-5-16(6-3-13)25-19(28)9-26-22-21(32-23(26)29)20-14(11-31-22)10-30-18-7-4-15(24)8-17(18)20/h2-8,14,20H,9-11H2,1H3,(H,25,28). The van der Waals surface area contributed by atoms with E-state index in [9.17, 15) is 14.4 Å². The largest absolute Gasteiger partial charge is 0.493 e. The second-order valence-corrected chi connectivity index (χ2v) is 10.8. The van der Waals surface area contributed by atoms with Gasteiger partial charge in [-0.3, -0.25) is 19.0 Å². The van der Waals surface area contributed by atoms with Crippen molar-refractivity contribution in [1.82, 2.24) is 4.57 Å². The third-order valence-electron chi connectivity index (χ3n) is 5.70. The number of amides is 1. The van der Waals surface area contributed by atoms with E-state index in [1.807, 2.05) is 12.1 Å². The van der Waals surface area contributed by atoms with Crippen LogP contribution in [0.25, 0.3) is 0 Å². The van der Waals surface area contributed by atoms with Gasteiger partial charge < -0.3 is 10.1 Å². The summed E-state index contributed by atoms with van der Waals surface area (Å²) < 4.78 is 8.51. The summed E-state index contributed by atoms with van der Waals surface area (Å²) in [7, 11) is 0. The van der Waals surface area contributed by atoms with Gasteiger partial charge in [-0.25, -0.2) is 0 Å². The molecule has 0 aliphatic carbocycles. The Kier molecular flexibility index (Phi) is 5.73. The topological polar surface area (TPSA) is 77.4 Å². The number of ketones is 1. The van der Waals surface area contributed by atoms with Crippen molar-refractivity contribution >= 4 is 56.4 Å². The molecule has 2 aromatic carbocycles. The highest BCUT2D eigenvalue weighted by atomic mass is 79.9. The number of fused-ring (bicyclic) bond motifs is 5. The Morgan fingerprint density at radius 2 is 2.00 bits per heavy atom. The summed E-state index contributed by atoms with van der Waals surface area (Å²) >= 11 is 6.39. The first-order valence-electron chi connectivity index (χ1n) is 10.1. The van der Waals surface area contributed by atoms with Gasteiger partial charge in [-0.05, 0) is 49.4 Å². The lowest BCUT2D eigenvalue weighted by Gasteiger charge is -2.36. The molecule has 0 fully saturated rings.